The first-order valence-electron chi connectivity index (χ1n) is 4.25. The molecule has 0 aromatic rings. The van der Waals surface area contributed by atoms with Crippen molar-refractivity contribution in [2.75, 3.05) is 13.1 Å². The first kappa shape index (κ1) is 9.35. The Morgan fingerprint density at radius 3 is 3.00 bits per heavy atom. The van der Waals surface area contributed by atoms with E-state index in [0.29, 0.717) is 13.0 Å². The predicted molar refractivity (Wildman–Crippen MR) is 49.3 cm³/mol. The first-order valence-corrected chi connectivity index (χ1v) is 4.25. The molecule has 0 fully saturated rings. The van der Waals surface area contributed by atoms with E-state index in [2.05, 4.69) is 17.0 Å². The Balaban J connectivity index is 2.33. The van der Waals surface area contributed by atoms with Gasteiger partial charge in [-0.2, -0.15) is 10.5 Å². The molecule has 1 heterocycles. The lowest BCUT2D eigenvalue weighted by Gasteiger charge is -2.21. The van der Waals surface area contributed by atoms with Gasteiger partial charge < -0.3 is 4.90 Å². The standard InChI is InChI=1S/C10H11N3/c11-5-1-2-6-13-7-3-4-10(8-12)9-13/h3-4,7H,1-2,6,9H2. The highest BCUT2D eigenvalue weighted by atomic mass is 15.1. The van der Waals surface area contributed by atoms with Crippen LogP contribution in [0.4, 0.5) is 0 Å². The van der Waals surface area contributed by atoms with Gasteiger partial charge in [-0.25, -0.2) is 0 Å². The second kappa shape index (κ2) is 5.00. The lowest BCUT2D eigenvalue weighted by Crippen LogP contribution is -2.22. The van der Waals surface area contributed by atoms with Crippen LogP contribution in [0, 0.1) is 22.7 Å². The SMILES string of the molecule is N#CCCCN1C=CC=C(C#N)C1. The third kappa shape index (κ3) is 3.01. The van der Waals surface area contributed by atoms with Crippen molar-refractivity contribution in [1.82, 2.24) is 4.90 Å². The summed E-state index contributed by atoms with van der Waals surface area (Å²) in [7, 11) is 0. The van der Waals surface area contributed by atoms with E-state index in [9.17, 15) is 0 Å². The minimum atomic E-state index is 0.579. The topological polar surface area (TPSA) is 50.8 Å². The van der Waals surface area contributed by atoms with Crippen molar-refractivity contribution in [2.45, 2.75) is 12.8 Å². The Morgan fingerprint density at radius 1 is 1.46 bits per heavy atom. The molecule has 0 spiro atoms. The van der Waals surface area contributed by atoms with E-state index in [1.165, 1.54) is 0 Å². The lowest BCUT2D eigenvalue weighted by molar-refractivity contribution is 0.399. The fourth-order valence-electron chi connectivity index (χ4n) is 1.19. The highest BCUT2D eigenvalue weighted by Gasteiger charge is 2.05. The van der Waals surface area contributed by atoms with Gasteiger partial charge in [0.15, 0.2) is 0 Å². The summed E-state index contributed by atoms with van der Waals surface area (Å²) in [5, 5.41) is 17.0. The molecule has 0 aromatic carbocycles. The summed E-state index contributed by atoms with van der Waals surface area (Å²) in [4.78, 5) is 2.05. The van der Waals surface area contributed by atoms with E-state index in [1.807, 2.05) is 18.4 Å². The highest BCUT2D eigenvalue weighted by molar-refractivity contribution is 5.30. The molecule has 66 valence electrons. The zero-order valence-corrected chi connectivity index (χ0v) is 7.40. The summed E-state index contributed by atoms with van der Waals surface area (Å²) in [5.74, 6) is 0. The Kier molecular flexibility index (Phi) is 3.60. The Hall–Kier alpha value is -1.74. The average molecular weight is 173 g/mol. The maximum Gasteiger partial charge on any atom is 0.0966 e. The van der Waals surface area contributed by atoms with Gasteiger partial charge in [0, 0.05) is 18.5 Å². The lowest BCUT2D eigenvalue weighted by atomic mass is 10.2. The zero-order valence-electron chi connectivity index (χ0n) is 7.40. The van der Waals surface area contributed by atoms with E-state index in [0.717, 1.165) is 18.5 Å². The molecule has 0 saturated heterocycles. The minimum Gasteiger partial charge on any atom is -0.372 e. The van der Waals surface area contributed by atoms with Crippen LogP contribution in [0.1, 0.15) is 12.8 Å². The number of nitriles is 2. The number of unbranched alkanes of at least 4 members (excludes halogenated alkanes) is 1. The van der Waals surface area contributed by atoms with Gasteiger partial charge in [0.05, 0.1) is 18.7 Å². The zero-order chi connectivity index (χ0) is 9.52. The van der Waals surface area contributed by atoms with Gasteiger partial charge in [-0.15, -0.1) is 0 Å². The van der Waals surface area contributed by atoms with Crippen molar-refractivity contribution in [3.8, 4) is 12.1 Å². The highest BCUT2D eigenvalue weighted by Crippen LogP contribution is 2.07. The molecule has 0 amide bonds. The van der Waals surface area contributed by atoms with Crippen LogP contribution in [-0.2, 0) is 0 Å². The molecule has 0 radical (unpaired) electrons. The van der Waals surface area contributed by atoms with Crippen molar-refractivity contribution in [3.63, 3.8) is 0 Å². The summed E-state index contributed by atoms with van der Waals surface area (Å²) in [6, 6.07) is 4.23. The average Bonchev–Trinajstić information content (AvgIpc) is 2.19. The number of rotatable bonds is 3. The molecule has 1 aliphatic heterocycles. The number of allylic oxidation sites excluding steroid dienone is 2. The molecule has 0 aromatic heterocycles. The normalized spacial score (nSPS) is 14.6. The van der Waals surface area contributed by atoms with Crippen molar-refractivity contribution in [3.05, 3.63) is 23.9 Å². The van der Waals surface area contributed by atoms with Crippen LogP contribution in [-0.4, -0.2) is 18.0 Å². The van der Waals surface area contributed by atoms with E-state index < -0.39 is 0 Å². The number of hydrogen-bond donors (Lipinski definition) is 0. The van der Waals surface area contributed by atoms with E-state index in [4.69, 9.17) is 10.5 Å². The van der Waals surface area contributed by atoms with Gasteiger partial charge >= 0.3 is 0 Å². The van der Waals surface area contributed by atoms with Gasteiger partial charge in [-0.05, 0) is 24.8 Å². The van der Waals surface area contributed by atoms with Crippen LogP contribution in [0.15, 0.2) is 23.9 Å². The van der Waals surface area contributed by atoms with E-state index >= 15 is 0 Å². The van der Waals surface area contributed by atoms with Gasteiger partial charge in [-0.3, -0.25) is 0 Å². The quantitative estimate of drug-likeness (QED) is 0.609. The van der Waals surface area contributed by atoms with Crippen molar-refractivity contribution in [1.29, 1.82) is 10.5 Å². The first-order chi connectivity index (χ1) is 6.36. The molecule has 3 nitrogen and oxygen atoms in total. The van der Waals surface area contributed by atoms with E-state index in [1.54, 1.807) is 0 Å². The second-order valence-corrected chi connectivity index (χ2v) is 2.88. The summed E-state index contributed by atoms with van der Waals surface area (Å²) < 4.78 is 0. The monoisotopic (exact) mass is 173 g/mol. The van der Waals surface area contributed by atoms with Crippen LogP contribution in [0.2, 0.25) is 0 Å². The third-order valence-electron chi connectivity index (χ3n) is 1.85. The van der Waals surface area contributed by atoms with Crippen LogP contribution < -0.4 is 0 Å². The van der Waals surface area contributed by atoms with Gasteiger partial charge in [0.1, 0.15) is 0 Å². The molecule has 0 unspecified atom stereocenters. The fourth-order valence-corrected chi connectivity index (χ4v) is 1.19. The van der Waals surface area contributed by atoms with Crippen molar-refractivity contribution in [2.24, 2.45) is 0 Å². The molecule has 13 heavy (non-hydrogen) atoms. The summed E-state index contributed by atoms with van der Waals surface area (Å²) >= 11 is 0. The molecule has 1 aliphatic rings. The van der Waals surface area contributed by atoms with Crippen LogP contribution in [0.5, 0.6) is 0 Å². The van der Waals surface area contributed by atoms with Crippen LogP contribution in [0.3, 0.4) is 0 Å². The molecule has 0 saturated carbocycles. The molecular weight excluding hydrogens is 162 g/mol. The molecular formula is C10H11N3. The van der Waals surface area contributed by atoms with Crippen molar-refractivity contribution < 1.29 is 0 Å². The van der Waals surface area contributed by atoms with Gasteiger partial charge in [0.2, 0.25) is 0 Å². The second-order valence-electron chi connectivity index (χ2n) is 2.88. The molecule has 0 bridgehead atoms. The summed E-state index contributed by atoms with van der Waals surface area (Å²) in [5.41, 5.74) is 0.777. The smallest absolute Gasteiger partial charge is 0.0966 e. The largest absolute Gasteiger partial charge is 0.372 e. The molecule has 3 heteroatoms. The van der Waals surface area contributed by atoms with Crippen LogP contribution in [0.25, 0.3) is 0 Å². The van der Waals surface area contributed by atoms with Gasteiger partial charge in [-0.1, -0.05) is 0 Å². The van der Waals surface area contributed by atoms with Crippen molar-refractivity contribution >= 4 is 0 Å². The number of hydrogen-bond acceptors (Lipinski definition) is 3. The molecule has 1 rings (SSSR count). The Bertz CT molecular complexity index is 301. The number of nitrogens with zero attached hydrogens (tertiary/aromatic N) is 3. The Morgan fingerprint density at radius 2 is 2.31 bits per heavy atom. The maximum absolute atomic E-state index is 8.65. The van der Waals surface area contributed by atoms with E-state index in [-0.39, 0.29) is 0 Å². The Labute approximate surface area is 78.2 Å². The predicted octanol–water partition coefficient (Wildman–Crippen LogP) is 1.57. The fraction of sp³-hybridized carbons (Fsp3) is 0.400. The molecule has 0 atom stereocenters. The summed E-state index contributed by atoms with van der Waals surface area (Å²) in [6.07, 6.45) is 7.09. The third-order valence-corrected chi connectivity index (χ3v) is 1.85. The molecule has 0 N–H and O–H groups in total. The molecule has 0 aliphatic carbocycles. The maximum atomic E-state index is 8.65. The minimum absolute atomic E-state index is 0.579. The van der Waals surface area contributed by atoms with Gasteiger partial charge in [0.25, 0.3) is 0 Å². The summed E-state index contributed by atoms with van der Waals surface area (Å²) in [6.45, 7) is 1.53. The van der Waals surface area contributed by atoms with Crippen LogP contribution >= 0.6 is 0 Å².